The molecule has 7 nitrogen and oxygen atoms in total. The number of aryl methyl sites for hydroxylation is 1. The Bertz CT molecular complexity index is 596. The predicted octanol–water partition coefficient (Wildman–Crippen LogP) is 1.17. The lowest BCUT2D eigenvalue weighted by Crippen LogP contribution is -2.39. The predicted molar refractivity (Wildman–Crippen MR) is 76.3 cm³/mol. The van der Waals surface area contributed by atoms with Crippen LogP contribution in [0, 0.1) is 5.92 Å². The number of carboxylic acids is 1. The van der Waals surface area contributed by atoms with Gasteiger partial charge >= 0.3 is 5.97 Å². The van der Waals surface area contributed by atoms with Crippen LogP contribution in [0.4, 0.5) is 0 Å². The molecule has 1 saturated heterocycles. The second-order valence-corrected chi connectivity index (χ2v) is 7.30. The zero-order valence-corrected chi connectivity index (χ0v) is 12.9. The van der Waals surface area contributed by atoms with E-state index in [0.29, 0.717) is 19.0 Å². The summed E-state index contributed by atoms with van der Waals surface area (Å²) in [5.74, 6) is -0.521. The molecular weight excluding hydrogens is 294 g/mol. The van der Waals surface area contributed by atoms with Gasteiger partial charge in [-0.15, -0.1) is 0 Å². The molecule has 1 aromatic rings. The molecule has 0 saturated carbocycles. The average molecular weight is 315 g/mol. The van der Waals surface area contributed by atoms with Gasteiger partial charge in [-0.05, 0) is 18.8 Å². The van der Waals surface area contributed by atoms with Crippen LogP contribution in [0.1, 0.15) is 32.6 Å². The molecule has 0 aliphatic carbocycles. The van der Waals surface area contributed by atoms with Crippen LogP contribution in [0.2, 0.25) is 0 Å². The Balaban J connectivity index is 2.10. The minimum absolute atomic E-state index is 0.0806. The molecule has 1 fully saturated rings. The van der Waals surface area contributed by atoms with Gasteiger partial charge in [0.2, 0.25) is 10.0 Å². The van der Waals surface area contributed by atoms with Crippen LogP contribution < -0.4 is 0 Å². The van der Waals surface area contributed by atoms with Gasteiger partial charge in [-0.1, -0.05) is 13.3 Å². The molecule has 0 spiro atoms. The number of piperidine rings is 1. The molecule has 1 aromatic heterocycles. The minimum atomic E-state index is -3.52. The van der Waals surface area contributed by atoms with Crippen LogP contribution in [-0.2, 0) is 21.4 Å². The number of sulfonamides is 1. The highest BCUT2D eigenvalue weighted by atomic mass is 32.2. The molecule has 0 amide bonds. The second-order valence-electron chi connectivity index (χ2n) is 5.36. The van der Waals surface area contributed by atoms with Gasteiger partial charge in [0.05, 0.1) is 19.2 Å². The molecule has 21 heavy (non-hydrogen) atoms. The first kappa shape index (κ1) is 16.0. The quantitative estimate of drug-likeness (QED) is 0.850. The van der Waals surface area contributed by atoms with Gasteiger partial charge in [-0.2, -0.15) is 9.40 Å². The fourth-order valence-corrected chi connectivity index (χ4v) is 4.05. The van der Waals surface area contributed by atoms with Crippen molar-refractivity contribution in [2.75, 3.05) is 13.1 Å². The van der Waals surface area contributed by atoms with E-state index in [0.717, 1.165) is 19.3 Å². The molecule has 2 heterocycles. The average Bonchev–Trinajstić information content (AvgIpc) is 2.95. The lowest BCUT2D eigenvalue weighted by Gasteiger charge is -2.30. The van der Waals surface area contributed by atoms with Gasteiger partial charge in [-0.25, -0.2) is 8.42 Å². The van der Waals surface area contributed by atoms with Crippen molar-refractivity contribution in [3.63, 3.8) is 0 Å². The number of aromatic nitrogens is 2. The smallest absolute Gasteiger partial charge is 0.305 e. The summed E-state index contributed by atoms with van der Waals surface area (Å²) >= 11 is 0. The molecule has 1 atom stereocenters. The molecule has 1 unspecified atom stereocenters. The molecule has 1 aliphatic heterocycles. The standard InChI is InChI=1S/C13H21N3O4S/c1-2-11-4-3-6-16(9-11)21(19,20)12-8-14-15(10-12)7-5-13(17)18/h8,10-11H,2-7,9H2,1H3,(H,17,18). The maximum atomic E-state index is 12.6. The third-order valence-electron chi connectivity index (χ3n) is 3.86. The maximum absolute atomic E-state index is 12.6. The number of hydrogen-bond acceptors (Lipinski definition) is 4. The first-order valence-electron chi connectivity index (χ1n) is 7.18. The van der Waals surface area contributed by atoms with Crippen molar-refractivity contribution in [2.24, 2.45) is 5.92 Å². The van der Waals surface area contributed by atoms with Gasteiger partial charge in [0, 0.05) is 19.3 Å². The van der Waals surface area contributed by atoms with Crippen molar-refractivity contribution in [3.05, 3.63) is 12.4 Å². The van der Waals surface area contributed by atoms with Crippen LogP contribution in [0.15, 0.2) is 17.3 Å². The van der Waals surface area contributed by atoms with Crippen molar-refractivity contribution in [2.45, 2.75) is 44.0 Å². The van der Waals surface area contributed by atoms with E-state index in [1.54, 1.807) is 0 Å². The molecule has 1 N–H and O–H groups in total. The van der Waals surface area contributed by atoms with Crippen LogP contribution in [0.25, 0.3) is 0 Å². The summed E-state index contributed by atoms with van der Waals surface area (Å²) in [4.78, 5) is 10.7. The summed E-state index contributed by atoms with van der Waals surface area (Å²) in [5, 5.41) is 12.6. The zero-order chi connectivity index (χ0) is 15.5. The summed E-state index contributed by atoms with van der Waals surface area (Å²) in [6.07, 6.45) is 5.55. The first-order chi connectivity index (χ1) is 9.93. The van der Waals surface area contributed by atoms with Crippen molar-refractivity contribution in [1.29, 1.82) is 0 Å². The molecule has 0 radical (unpaired) electrons. The van der Waals surface area contributed by atoms with E-state index in [1.807, 2.05) is 0 Å². The molecule has 1 aliphatic rings. The molecule has 118 valence electrons. The summed E-state index contributed by atoms with van der Waals surface area (Å²) in [6, 6.07) is 0. The largest absolute Gasteiger partial charge is 0.481 e. The number of rotatable bonds is 6. The Hall–Kier alpha value is -1.41. The van der Waals surface area contributed by atoms with Crippen molar-refractivity contribution in [3.8, 4) is 0 Å². The van der Waals surface area contributed by atoms with E-state index >= 15 is 0 Å². The van der Waals surface area contributed by atoms with Crippen molar-refractivity contribution >= 4 is 16.0 Å². The summed E-state index contributed by atoms with van der Waals surface area (Å²) in [7, 11) is -3.52. The van der Waals surface area contributed by atoms with Gasteiger partial charge in [0.25, 0.3) is 0 Å². The maximum Gasteiger partial charge on any atom is 0.305 e. The van der Waals surface area contributed by atoms with Crippen LogP contribution >= 0.6 is 0 Å². The van der Waals surface area contributed by atoms with E-state index in [4.69, 9.17) is 5.11 Å². The molecule has 8 heteroatoms. The summed E-state index contributed by atoms with van der Waals surface area (Å²) < 4.78 is 28.0. The van der Waals surface area contributed by atoms with E-state index in [-0.39, 0.29) is 17.9 Å². The zero-order valence-electron chi connectivity index (χ0n) is 12.1. The highest BCUT2D eigenvalue weighted by molar-refractivity contribution is 7.89. The van der Waals surface area contributed by atoms with Crippen LogP contribution in [-0.4, -0.2) is 46.7 Å². The van der Waals surface area contributed by atoms with Gasteiger partial charge in [0.1, 0.15) is 4.90 Å². The Morgan fingerprint density at radius 3 is 2.95 bits per heavy atom. The fraction of sp³-hybridized carbons (Fsp3) is 0.692. The van der Waals surface area contributed by atoms with E-state index in [9.17, 15) is 13.2 Å². The highest BCUT2D eigenvalue weighted by Gasteiger charge is 2.30. The monoisotopic (exact) mass is 315 g/mol. The SMILES string of the molecule is CCC1CCCN(S(=O)(=O)c2cnn(CCC(=O)O)c2)C1. The van der Waals surface area contributed by atoms with Gasteiger partial charge in [0.15, 0.2) is 0 Å². The third kappa shape index (κ3) is 3.82. The summed E-state index contributed by atoms with van der Waals surface area (Å²) in [6.45, 7) is 3.34. The molecule has 0 aromatic carbocycles. The van der Waals surface area contributed by atoms with Crippen LogP contribution in [0.5, 0.6) is 0 Å². The Kier molecular flexibility index (Phi) is 5.00. The van der Waals surface area contributed by atoms with E-state index < -0.39 is 16.0 Å². The number of hydrogen-bond donors (Lipinski definition) is 1. The molecule has 0 bridgehead atoms. The number of carbonyl (C=O) groups is 1. The van der Waals surface area contributed by atoms with E-state index in [2.05, 4.69) is 12.0 Å². The lowest BCUT2D eigenvalue weighted by atomic mass is 9.97. The number of carboxylic acid groups (broad SMARTS) is 1. The van der Waals surface area contributed by atoms with Crippen molar-refractivity contribution < 1.29 is 18.3 Å². The molecular formula is C13H21N3O4S. The Labute approximate surface area is 124 Å². The normalized spacial score (nSPS) is 20.5. The first-order valence-corrected chi connectivity index (χ1v) is 8.62. The molecule has 2 rings (SSSR count). The fourth-order valence-electron chi connectivity index (χ4n) is 2.54. The number of aliphatic carboxylic acids is 1. The highest BCUT2D eigenvalue weighted by Crippen LogP contribution is 2.25. The Morgan fingerprint density at radius 1 is 1.52 bits per heavy atom. The van der Waals surface area contributed by atoms with Crippen molar-refractivity contribution in [1.82, 2.24) is 14.1 Å². The Morgan fingerprint density at radius 2 is 2.29 bits per heavy atom. The lowest BCUT2D eigenvalue weighted by molar-refractivity contribution is -0.137. The van der Waals surface area contributed by atoms with Gasteiger partial charge < -0.3 is 5.11 Å². The summed E-state index contributed by atoms with van der Waals surface area (Å²) in [5.41, 5.74) is 0. The topological polar surface area (TPSA) is 92.5 Å². The third-order valence-corrected chi connectivity index (χ3v) is 5.68. The van der Waals surface area contributed by atoms with Gasteiger partial charge in [-0.3, -0.25) is 9.48 Å². The van der Waals surface area contributed by atoms with Crippen LogP contribution in [0.3, 0.4) is 0 Å². The minimum Gasteiger partial charge on any atom is -0.481 e. The second kappa shape index (κ2) is 6.57. The number of nitrogens with zero attached hydrogens (tertiary/aromatic N) is 3. The van der Waals surface area contributed by atoms with E-state index in [1.165, 1.54) is 21.4 Å².